The van der Waals surface area contributed by atoms with Crippen LogP contribution < -0.4 is 5.32 Å². The van der Waals surface area contributed by atoms with Gasteiger partial charge in [0, 0.05) is 13.1 Å². The molecule has 1 N–H and O–H groups in total. The Morgan fingerprint density at radius 1 is 1.32 bits per heavy atom. The standard InChI is InChI=1S/C15H20N2OS/c1-12-7-9-17(10-8-12)15(19)16-14(18)11-13-5-3-2-4-6-13/h2-6,12H,7-11H2,1H3,(H,16,18,19). The Kier molecular flexibility index (Phi) is 4.91. The molecule has 0 aromatic heterocycles. The fraction of sp³-hybridized carbons (Fsp3) is 0.467. The molecule has 1 aliphatic heterocycles. The van der Waals surface area contributed by atoms with Crippen molar-refractivity contribution >= 4 is 23.2 Å². The van der Waals surface area contributed by atoms with E-state index in [2.05, 4.69) is 17.1 Å². The topological polar surface area (TPSA) is 32.3 Å². The van der Waals surface area contributed by atoms with Crippen LogP contribution in [0.4, 0.5) is 0 Å². The van der Waals surface area contributed by atoms with E-state index in [4.69, 9.17) is 12.2 Å². The number of hydrogen-bond acceptors (Lipinski definition) is 2. The van der Waals surface area contributed by atoms with Gasteiger partial charge in [-0.25, -0.2) is 0 Å². The summed E-state index contributed by atoms with van der Waals surface area (Å²) in [5, 5.41) is 3.41. The highest BCUT2D eigenvalue weighted by Gasteiger charge is 2.18. The van der Waals surface area contributed by atoms with Crippen LogP contribution in [0.1, 0.15) is 25.3 Å². The third kappa shape index (κ3) is 4.31. The van der Waals surface area contributed by atoms with Crippen LogP contribution in [0.5, 0.6) is 0 Å². The zero-order chi connectivity index (χ0) is 13.7. The molecular weight excluding hydrogens is 256 g/mol. The van der Waals surface area contributed by atoms with Crippen molar-refractivity contribution in [2.45, 2.75) is 26.2 Å². The zero-order valence-electron chi connectivity index (χ0n) is 11.3. The third-order valence-electron chi connectivity index (χ3n) is 3.52. The first-order valence-electron chi connectivity index (χ1n) is 6.78. The highest BCUT2D eigenvalue weighted by molar-refractivity contribution is 7.80. The summed E-state index contributed by atoms with van der Waals surface area (Å²) in [5.74, 6) is 0.730. The lowest BCUT2D eigenvalue weighted by atomic mass is 10.00. The maximum absolute atomic E-state index is 11.9. The average molecular weight is 276 g/mol. The minimum absolute atomic E-state index is 0.0326. The Morgan fingerprint density at radius 3 is 2.58 bits per heavy atom. The molecule has 1 aromatic rings. The maximum atomic E-state index is 11.9. The predicted molar refractivity (Wildman–Crippen MR) is 80.9 cm³/mol. The molecule has 0 radical (unpaired) electrons. The molecule has 1 heterocycles. The lowest BCUT2D eigenvalue weighted by Gasteiger charge is -2.32. The van der Waals surface area contributed by atoms with Gasteiger partial charge in [0.25, 0.3) is 0 Å². The summed E-state index contributed by atoms with van der Waals surface area (Å²) in [6.07, 6.45) is 2.68. The molecule has 19 heavy (non-hydrogen) atoms. The highest BCUT2D eigenvalue weighted by atomic mass is 32.1. The molecule has 0 saturated carbocycles. The number of piperidine rings is 1. The van der Waals surface area contributed by atoms with E-state index < -0.39 is 0 Å². The SMILES string of the molecule is CC1CCN(C(=S)NC(=O)Cc2ccccc2)CC1. The molecule has 1 amide bonds. The molecular formula is C15H20N2OS. The van der Waals surface area contributed by atoms with Gasteiger partial charge in [0.15, 0.2) is 5.11 Å². The van der Waals surface area contributed by atoms with Crippen LogP contribution >= 0.6 is 12.2 Å². The fourth-order valence-electron chi connectivity index (χ4n) is 2.24. The van der Waals surface area contributed by atoms with Gasteiger partial charge >= 0.3 is 0 Å². The van der Waals surface area contributed by atoms with Crippen LogP contribution in [-0.4, -0.2) is 29.0 Å². The second kappa shape index (κ2) is 6.66. The summed E-state index contributed by atoms with van der Waals surface area (Å²) in [6, 6.07) is 9.72. The first-order valence-corrected chi connectivity index (χ1v) is 7.18. The van der Waals surface area contributed by atoms with Gasteiger partial charge < -0.3 is 10.2 Å². The number of benzene rings is 1. The van der Waals surface area contributed by atoms with Gasteiger partial charge in [-0.15, -0.1) is 0 Å². The predicted octanol–water partition coefficient (Wildman–Crippen LogP) is 2.36. The van der Waals surface area contributed by atoms with E-state index in [1.54, 1.807) is 0 Å². The van der Waals surface area contributed by atoms with E-state index in [1.165, 1.54) is 0 Å². The van der Waals surface area contributed by atoms with E-state index in [1.807, 2.05) is 30.3 Å². The molecule has 1 saturated heterocycles. The average Bonchev–Trinajstić information content (AvgIpc) is 2.40. The van der Waals surface area contributed by atoms with E-state index in [-0.39, 0.29) is 5.91 Å². The van der Waals surface area contributed by atoms with E-state index in [0.717, 1.165) is 37.4 Å². The molecule has 2 rings (SSSR count). The number of carbonyl (C=O) groups excluding carboxylic acids is 1. The molecule has 0 atom stereocenters. The number of nitrogens with zero attached hydrogens (tertiary/aromatic N) is 1. The quantitative estimate of drug-likeness (QED) is 0.842. The van der Waals surface area contributed by atoms with Crippen LogP contribution in [0.3, 0.4) is 0 Å². The van der Waals surface area contributed by atoms with Gasteiger partial charge in [-0.05, 0) is 36.5 Å². The lowest BCUT2D eigenvalue weighted by Crippen LogP contribution is -2.46. The van der Waals surface area contributed by atoms with Crippen molar-refractivity contribution in [3.8, 4) is 0 Å². The number of hydrogen-bond donors (Lipinski definition) is 1. The van der Waals surface area contributed by atoms with Gasteiger partial charge in [0.2, 0.25) is 5.91 Å². The molecule has 0 aliphatic carbocycles. The zero-order valence-corrected chi connectivity index (χ0v) is 12.1. The third-order valence-corrected chi connectivity index (χ3v) is 3.88. The minimum Gasteiger partial charge on any atom is -0.349 e. The fourth-order valence-corrected chi connectivity index (χ4v) is 2.53. The second-order valence-corrected chi connectivity index (χ2v) is 5.57. The van der Waals surface area contributed by atoms with Crippen LogP contribution in [0, 0.1) is 5.92 Å². The largest absolute Gasteiger partial charge is 0.349 e. The molecule has 0 unspecified atom stereocenters. The van der Waals surface area contributed by atoms with Crippen LogP contribution in [0.15, 0.2) is 30.3 Å². The number of likely N-dealkylation sites (tertiary alicyclic amines) is 1. The summed E-state index contributed by atoms with van der Waals surface area (Å²) in [4.78, 5) is 14.0. The summed E-state index contributed by atoms with van der Waals surface area (Å²) in [6.45, 7) is 4.16. The van der Waals surface area contributed by atoms with Gasteiger partial charge in [-0.2, -0.15) is 0 Å². The van der Waals surface area contributed by atoms with Crippen molar-refractivity contribution in [2.75, 3.05) is 13.1 Å². The second-order valence-electron chi connectivity index (χ2n) is 5.19. The molecule has 0 bridgehead atoms. The lowest BCUT2D eigenvalue weighted by molar-refractivity contribution is -0.119. The number of rotatable bonds is 2. The van der Waals surface area contributed by atoms with Gasteiger partial charge in [-0.3, -0.25) is 4.79 Å². The summed E-state index contributed by atoms with van der Waals surface area (Å²) < 4.78 is 0. The van der Waals surface area contributed by atoms with E-state index in [0.29, 0.717) is 11.5 Å². The Labute approximate surface area is 120 Å². The number of carbonyl (C=O) groups is 1. The smallest absolute Gasteiger partial charge is 0.230 e. The molecule has 1 aromatic carbocycles. The normalized spacial score (nSPS) is 16.2. The maximum Gasteiger partial charge on any atom is 0.230 e. The van der Waals surface area contributed by atoms with Crippen molar-refractivity contribution in [3.05, 3.63) is 35.9 Å². The molecule has 3 nitrogen and oxygen atoms in total. The first kappa shape index (κ1) is 14.0. The molecule has 0 spiro atoms. The Balaban J connectivity index is 1.80. The summed E-state index contributed by atoms with van der Waals surface area (Å²) in [5.41, 5.74) is 1.01. The van der Waals surface area contributed by atoms with Crippen molar-refractivity contribution in [3.63, 3.8) is 0 Å². The number of amides is 1. The minimum atomic E-state index is -0.0326. The van der Waals surface area contributed by atoms with Crippen LogP contribution in [-0.2, 0) is 11.2 Å². The Hall–Kier alpha value is -1.42. The molecule has 1 aliphatic rings. The number of nitrogens with one attached hydrogen (secondary N) is 1. The van der Waals surface area contributed by atoms with Crippen LogP contribution in [0.25, 0.3) is 0 Å². The molecule has 4 heteroatoms. The van der Waals surface area contributed by atoms with Crippen molar-refractivity contribution < 1.29 is 4.79 Å². The van der Waals surface area contributed by atoms with Crippen molar-refractivity contribution in [2.24, 2.45) is 5.92 Å². The van der Waals surface area contributed by atoms with Gasteiger partial charge in [0.05, 0.1) is 6.42 Å². The van der Waals surface area contributed by atoms with Gasteiger partial charge in [0.1, 0.15) is 0 Å². The Bertz CT molecular complexity index is 439. The van der Waals surface area contributed by atoms with E-state index >= 15 is 0 Å². The monoisotopic (exact) mass is 276 g/mol. The molecule has 102 valence electrons. The summed E-state index contributed by atoms with van der Waals surface area (Å²) in [7, 11) is 0. The van der Waals surface area contributed by atoms with Crippen LogP contribution in [0.2, 0.25) is 0 Å². The van der Waals surface area contributed by atoms with Gasteiger partial charge in [-0.1, -0.05) is 37.3 Å². The summed E-state index contributed by atoms with van der Waals surface area (Å²) >= 11 is 5.30. The Morgan fingerprint density at radius 2 is 1.95 bits per heavy atom. The van der Waals surface area contributed by atoms with E-state index in [9.17, 15) is 4.79 Å². The molecule has 1 fully saturated rings. The highest BCUT2D eigenvalue weighted by Crippen LogP contribution is 2.15. The number of thiocarbonyl (C=S) groups is 1. The van der Waals surface area contributed by atoms with Crippen molar-refractivity contribution in [1.82, 2.24) is 10.2 Å². The van der Waals surface area contributed by atoms with Crippen molar-refractivity contribution in [1.29, 1.82) is 0 Å². The first-order chi connectivity index (χ1) is 9.15.